The molecule has 0 atom stereocenters. The number of para-hydroxylation sites is 1. The van der Waals surface area contributed by atoms with Crippen LogP contribution in [-0.4, -0.2) is 16.7 Å². The third kappa shape index (κ3) is 4.12. The normalized spacial score (nSPS) is 15.2. The van der Waals surface area contributed by atoms with Crippen LogP contribution in [0.1, 0.15) is 128 Å². The van der Waals surface area contributed by atoms with Gasteiger partial charge >= 0.3 is 0 Å². The molecule has 0 N–H and O–H groups in total. The summed E-state index contributed by atoms with van der Waals surface area (Å²) >= 11 is 0. The number of imidazole rings is 1. The molecule has 0 radical (unpaired) electrons. The molecular weight excluding hydrogens is 560 g/mol. The molecule has 0 saturated carbocycles. The molecule has 7 rings (SSSR count). The highest BCUT2D eigenvalue weighted by molar-refractivity contribution is 5.97. The predicted octanol–water partition coefficient (Wildman–Crippen LogP) is 10.9. The van der Waals surface area contributed by atoms with Gasteiger partial charge in [0.2, 0.25) is 0 Å². The van der Waals surface area contributed by atoms with Gasteiger partial charge in [0.05, 0.1) is 29.2 Å². The largest absolute Gasteiger partial charge is 0.497 e. The minimum Gasteiger partial charge on any atom is -0.497 e. The fraction of sp³-hybridized carbons (Fsp3) is 0.419. The van der Waals surface area contributed by atoms with E-state index in [9.17, 15) is 0 Å². The average Bonchev–Trinajstić information content (AvgIpc) is 3.52. The summed E-state index contributed by atoms with van der Waals surface area (Å²) in [4.78, 5) is 4.97. The molecule has 2 aliphatic rings. The van der Waals surface area contributed by atoms with Crippen molar-refractivity contribution in [1.29, 1.82) is 0 Å². The van der Waals surface area contributed by atoms with Crippen LogP contribution >= 0.6 is 0 Å². The van der Waals surface area contributed by atoms with Crippen LogP contribution in [0.3, 0.4) is 0 Å². The van der Waals surface area contributed by atoms with Crippen molar-refractivity contribution in [3.8, 4) is 22.6 Å². The number of hydrogen-bond donors (Lipinski definition) is 0. The van der Waals surface area contributed by atoms with Gasteiger partial charge < -0.3 is 4.74 Å². The summed E-state index contributed by atoms with van der Waals surface area (Å²) in [7, 11) is 1.76. The lowest BCUT2D eigenvalue weighted by atomic mass is 9.60. The van der Waals surface area contributed by atoms with Crippen LogP contribution in [0.15, 0.2) is 67.0 Å². The topological polar surface area (TPSA) is 27.1 Å². The number of hydrogen-bond acceptors (Lipinski definition) is 2. The number of ether oxygens (including phenoxy) is 1. The Hall–Kier alpha value is -3.85. The van der Waals surface area contributed by atoms with Gasteiger partial charge in [-0.05, 0) is 89.4 Å². The Morgan fingerprint density at radius 2 is 1.15 bits per heavy atom. The van der Waals surface area contributed by atoms with Crippen molar-refractivity contribution in [2.75, 3.05) is 7.11 Å². The van der Waals surface area contributed by atoms with E-state index in [-0.39, 0.29) is 21.7 Å². The summed E-state index contributed by atoms with van der Waals surface area (Å²) < 4.78 is 8.16. The zero-order chi connectivity index (χ0) is 33.4. The van der Waals surface area contributed by atoms with Gasteiger partial charge in [-0.15, -0.1) is 0 Å². The van der Waals surface area contributed by atoms with Crippen molar-refractivity contribution in [2.24, 2.45) is 0 Å². The zero-order valence-corrected chi connectivity index (χ0v) is 30.2. The van der Waals surface area contributed by atoms with Crippen LogP contribution in [0.2, 0.25) is 0 Å². The van der Waals surface area contributed by atoms with Gasteiger partial charge in [0.25, 0.3) is 0 Å². The molecule has 0 bridgehead atoms. The molecule has 3 nitrogen and oxygen atoms in total. The SMILES string of the molecule is COc1ccc2c(c1)-n1cnc3cccc(c31)C21c2c(cc(C(C)(C)C)cc2C(C)(C)C)-c2cc(C(C)(C)C)cc(C(C)(C)C)c21. The Kier molecular flexibility index (Phi) is 6.27. The first-order valence-electron chi connectivity index (χ1n) is 16.8. The molecule has 4 aromatic carbocycles. The number of rotatable bonds is 1. The molecule has 3 heteroatoms. The highest BCUT2D eigenvalue weighted by Gasteiger charge is 2.55. The Bertz CT molecular complexity index is 1980. The Balaban J connectivity index is 1.83. The molecule has 1 spiro atoms. The van der Waals surface area contributed by atoms with Crippen molar-refractivity contribution < 1.29 is 4.74 Å². The lowest BCUT2D eigenvalue weighted by molar-refractivity contribution is 0.414. The van der Waals surface area contributed by atoms with E-state index in [1.807, 2.05) is 6.33 Å². The van der Waals surface area contributed by atoms with E-state index in [2.05, 4.69) is 148 Å². The zero-order valence-electron chi connectivity index (χ0n) is 30.2. The first-order valence-corrected chi connectivity index (χ1v) is 16.8. The second-order valence-electron chi connectivity index (χ2n) is 17.8. The van der Waals surface area contributed by atoms with E-state index in [0.717, 1.165) is 17.0 Å². The van der Waals surface area contributed by atoms with E-state index in [0.29, 0.717) is 0 Å². The first-order chi connectivity index (χ1) is 21.3. The van der Waals surface area contributed by atoms with Gasteiger partial charge in [-0.25, -0.2) is 4.98 Å². The van der Waals surface area contributed by atoms with Crippen LogP contribution in [-0.2, 0) is 27.1 Å². The third-order valence-corrected chi connectivity index (χ3v) is 10.5. The molecule has 46 heavy (non-hydrogen) atoms. The highest BCUT2D eigenvalue weighted by Crippen LogP contribution is 2.64. The molecule has 1 aromatic heterocycles. The van der Waals surface area contributed by atoms with Gasteiger partial charge in [0, 0.05) is 6.07 Å². The van der Waals surface area contributed by atoms with Gasteiger partial charge in [-0.3, -0.25) is 4.57 Å². The van der Waals surface area contributed by atoms with Crippen LogP contribution < -0.4 is 4.74 Å². The quantitative estimate of drug-likeness (QED) is 0.185. The number of fused-ring (bicyclic) bond motifs is 9. The lowest BCUT2D eigenvalue weighted by Gasteiger charge is -2.44. The van der Waals surface area contributed by atoms with E-state index in [1.54, 1.807) is 7.11 Å². The van der Waals surface area contributed by atoms with Gasteiger partial charge in [0.1, 0.15) is 12.1 Å². The van der Waals surface area contributed by atoms with Crippen LogP contribution in [0.5, 0.6) is 5.75 Å². The Morgan fingerprint density at radius 1 is 0.609 bits per heavy atom. The fourth-order valence-electron chi connectivity index (χ4n) is 8.08. The third-order valence-electron chi connectivity index (χ3n) is 10.5. The fourth-order valence-corrected chi connectivity index (χ4v) is 8.08. The molecule has 238 valence electrons. The van der Waals surface area contributed by atoms with Crippen molar-refractivity contribution in [1.82, 2.24) is 9.55 Å². The maximum atomic E-state index is 5.86. The number of benzene rings is 4. The van der Waals surface area contributed by atoms with Gasteiger partial charge in [0.15, 0.2) is 0 Å². The Labute approximate surface area is 276 Å². The standard InChI is InChI=1S/C43H50N2O/c1-39(2,3)25-19-28-29-20-26(40(4,5)6)22-33(42(10,11)12)37(29)43(36(28)32(21-25)41(7,8)9)30-18-17-27(46-13)23-35(30)45-24-44-34-16-14-15-31(43)38(34)45/h14-24H,1-13H3. The van der Waals surface area contributed by atoms with Crippen LogP contribution in [0, 0.1) is 0 Å². The molecule has 1 aliphatic heterocycles. The second-order valence-corrected chi connectivity index (χ2v) is 17.8. The average molecular weight is 611 g/mol. The molecule has 0 fully saturated rings. The number of aromatic nitrogens is 2. The summed E-state index contributed by atoms with van der Waals surface area (Å²) in [6.45, 7) is 28.4. The summed E-state index contributed by atoms with van der Waals surface area (Å²) in [5, 5.41) is 0. The monoisotopic (exact) mass is 610 g/mol. The van der Waals surface area contributed by atoms with E-state index in [1.165, 1.54) is 61.2 Å². The van der Waals surface area contributed by atoms with Gasteiger partial charge in [-0.2, -0.15) is 0 Å². The molecule has 0 amide bonds. The minimum atomic E-state index is -0.542. The predicted molar refractivity (Wildman–Crippen MR) is 193 cm³/mol. The summed E-state index contributed by atoms with van der Waals surface area (Å²) in [5.41, 5.74) is 16.4. The Morgan fingerprint density at radius 3 is 1.63 bits per heavy atom. The van der Waals surface area contributed by atoms with E-state index in [4.69, 9.17) is 9.72 Å². The maximum Gasteiger partial charge on any atom is 0.120 e. The second kappa shape index (κ2) is 9.37. The summed E-state index contributed by atoms with van der Waals surface area (Å²) in [6.07, 6.45) is 2.00. The highest BCUT2D eigenvalue weighted by atomic mass is 16.5. The van der Waals surface area contributed by atoms with Crippen molar-refractivity contribution in [2.45, 2.75) is 110 Å². The first kappa shape index (κ1) is 30.8. The van der Waals surface area contributed by atoms with Crippen molar-refractivity contribution >= 4 is 11.0 Å². The van der Waals surface area contributed by atoms with E-state index >= 15 is 0 Å². The lowest BCUT2D eigenvalue weighted by Crippen LogP contribution is -2.38. The molecule has 0 unspecified atom stereocenters. The number of methoxy groups -OCH3 is 1. The molecule has 5 aromatic rings. The minimum absolute atomic E-state index is 0.00405. The molecular formula is C43H50N2O. The summed E-state index contributed by atoms with van der Waals surface area (Å²) in [5.74, 6) is 0.854. The van der Waals surface area contributed by atoms with Crippen LogP contribution in [0.25, 0.3) is 27.8 Å². The summed E-state index contributed by atoms with van der Waals surface area (Å²) in [6, 6.07) is 23.6. The molecule has 2 heterocycles. The molecule has 0 saturated heterocycles. The smallest absolute Gasteiger partial charge is 0.120 e. The van der Waals surface area contributed by atoms with Crippen molar-refractivity contribution in [3.63, 3.8) is 0 Å². The maximum absolute atomic E-state index is 5.86. The van der Waals surface area contributed by atoms with Crippen LogP contribution in [0.4, 0.5) is 0 Å². The van der Waals surface area contributed by atoms with Gasteiger partial charge in [-0.1, -0.05) is 126 Å². The van der Waals surface area contributed by atoms with E-state index < -0.39 is 5.41 Å². The molecule has 1 aliphatic carbocycles. The number of nitrogens with zero attached hydrogens (tertiary/aromatic N) is 2. The van der Waals surface area contributed by atoms with Crippen molar-refractivity contribution in [3.05, 3.63) is 111 Å².